The molecular weight excluding hydrogens is 348 g/mol. The molecule has 8 heteroatoms. The lowest BCUT2D eigenvalue weighted by Crippen LogP contribution is -2.28. The number of aryl methyl sites for hydroxylation is 1. The van der Waals surface area contributed by atoms with Gasteiger partial charge in [-0.2, -0.15) is 4.73 Å². The number of aromatic nitrogens is 1. The van der Waals surface area contributed by atoms with Gasteiger partial charge in [0.2, 0.25) is 5.91 Å². The van der Waals surface area contributed by atoms with Gasteiger partial charge >= 0.3 is 5.97 Å². The number of nitrogens with one attached hydrogen (secondary N) is 1. The number of pyridine rings is 1. The summed E-state index contributed by atoms with van der Waals surface area (Å²) in [5.41, 5.74) is 0.371. The third-order valence-corrected chi connectivity index (χ3v) is 5.23. The highest BCUT2D eigenvalue weighted by Crippen LogP contribution is 2.29. The average Bonchev–Trinajstić information content (AvgIpc) is 2.97. The van der Waals surface area contributed by atoms with E-state index in [1.54, 1.807) is 31.2 Å². The summed E-state index contributed by atoms with van der Waals surface area (Å²) in [7, 11) is 0. The molecule has 0 bridgehead atoms. The summed E-state index contributed by atoms with van der Waals surface area (Å²) in [5, 5.41) is 15.2. The van der Waals surface area contributed by atoms with Crippen LogP contribution in [0.25, 0.3) is 0 Å². The second-order valence-corrected chi connectivity index (χ2v) is 6.86. The van der Waals surface area contributed by atoms with Crippen LogP contribution in [-0.2, 0) is 16.0 Å². The number of carbonyl (C=O) groups excluding carboxylic acids is 2. The summed E-state index contributed by atoms with van der Waals surface area (Å²) < 4.78 is 5.73. The van der Waals surface area contributed by atoms with E-state index in [1.165, 1.54) is 17.5 Å². The standard InChI is InChI=1S/C16H18N2O4S2/c1-3-11-9-12(16(20)22-4-2)15(24-11)17-13(19)10-23-14-7-5-6-8-18(14)21/h5-9H,3-4,10H2,1-2H3,(H,17,19). The van der Waals surface area contributed by atoms with E-state index in [4.69, 9.17) is 4.74 Å². The molecule has 0 radical (unpaired) electrons. The molecule has 0 fully saturated rings. The first-order valence-electron chi connectivity index (χ1n) is 7.45. The number of esters is 1. The van der Waals surface area contributed by atoms with Gasteiger partial charge in [0.1, 0.15) is 5.00 Å². The number of nitrogens with zero attached hydrogens (tertiary/aromatic N) is 1. The fraction of sp³-hybridized carbons (Fsp3) is 0.312. The highest BCUT2D eigenvalue weighted by atomic mass is 32.2. The Kier molecular flexibility index (Phi) is 6.62. The largest absolute Gasteiger partial charge is 0.618 e. The van der Waals surface area contributed by atoms with Gasteiger partial charge in [-0.05, 0) is 37.2 Å². The first-order chi connectivity index (χ1) is 11.5. The smallest absolute Gasteiger partial charge is 0.341 e. The van der Waals surface area contributed by atoms with Gasteiger partial charge in [-0.15, -0.1) is 11.3 Å². The van der Waals surface area contributed by atoms with Crippen LogP contribution >= 0.6 is 23.1 Å². The van der Waals surface area contributed by atoms with Crippen molar-refractivity contribution in [3.05, 3.63) is 46.1 Å². The topological polar surface area (TPSA) is 82.3 Å². The van der Waals surface area contributed by atoms with E-state index in [0.717, 1.165) is 23.1 Å². The van der Waals surface area contributed by atoms with Crippen molar-refractivity contribution in [2.24, 2.45) is 0 Å². The first-order valence-corrected chi connectivity index (χ1v) is 9.26. The number of hydrogen-bond acceptors (Lipinski definition) is 6. The van der Waals surface area contributed by atoms with Crippen molar-refractivity contribution in [1.82, 2.24) is 0 Å². The van der Waals surface area contributed by atoms with Crippen molar-refractivity contribution in [3.63, 3.8) is 0 Å². The third kappa shape index (κ3) is 4.72. The Balaban J connectivity index is 2.04. The molecular formula is C16H18N2O4S2. The Morgan fingerprint density at radius 1 is 1.38 bits per heavy atom. The maximum atomic E-state index is 12.1. The van der Waals surface area contributed by atoms with Crippen LogP contribution in [0.2, 0.25) is 0 Å². The van der Waals surface area contributed by atoms with Gasteiger partial charge in [0.15, 0.2) is 6.20 Å². The highest BCUT2D eigenvalue weighted by Gasteiger charge is 2.19. The lowest BCUT2D eigenvalue weighted by atomic mass is 10.2. The van der Waals surface area contributed by atoms with E-state index in [2.05, 4.69) is 5.32 Å². The monoisotopic (exact) mass is 366 g/mol. The molecule has 0 unspecified atom stereocenters. The van der Waals surface area contributed by atoms with Gasteiger partial charge in [0.25, 0.3) is 5.03 Å². The molecule has 1 N–H and O–H groups in total. The second kappa shape index (κ2) is 8.70. The number of carbonyl (C=O) groups is 2. The summed E-state index contributed by atoms with van der Waals surface area (Å²) in [5.74, 6) is -0.649. The Labute approximate surface area is 148 Å². The van der Waals surface area contributed by atoms with Crippen molar-refractivity contribution >= 4 is 40.0 Å². The fourth-order valence-electron chi connectivity index (χ4n) is 1.90. The minimum Gasteiger partial charge on any atom is -0.618 e. The van der Waals surface area contributed by atoms with Gasteiger partial charge in [-0.3, -0.25) is 4.79 Å². The van der Waals surface area contributed by atoms with Gasteiger partial charge in [-0.1, -0.05) is 6.92 Å². The van der Waals surface area contributed by atoms with Crippen LogP contribution in [0.15, 0.2) is 35.5 Å². The Morgan fingerprint density at radius 2 is 2.17 bits per heavy atom. The molecule has 2 aromatic rings. The van der Waals surface area contributed by atoms with Crippen LogP contribution in [-0.4, -0.2) is 24.2 Å². The number of thiophene rings is 1. The van der Waals surface area contributed by atoms with Gasteiger partial charge < -0.3 is 15.3 Å². The minimum absolute atomic E-state index is 0.0773. The number of amides is 1. The zero-order valence-electron chi connectivity index (χ0n) is 13.4. The van der Waals surface area contributed by atoms with Crippen LogP contribution in [0, 0.1) is 5.21 Å². The molecule has 0 aliphatic heterocycles. The number of thioether (sulfide) groups is 1. The van der Waals surface area contributed by atoms with Crippen LogP contribution in [0.4, 0.5) is 5.00 Å². The molecule has 0 atom stereocenters. The Morgan fingerprint density at radius 3 is 2.83 bits per heavy atom. The van der Waals surface area contributed by atoms with E-state index in [-0.39, 0.29) is 18.3 Å². The highest BCUT2D eigenvalue weighted by molar-refractivity contribution is 7.99. The Bertz CT molecular complexity index is 731. The molecule has 0 aliphatic rings. The van der Waals surface area contributed by atoms with Crippen molar-refractivity contribution in [2.45, 2.75) is 25.3 Å². The molecule has 0 spiro atoms. The molecule has 0 saturated carbocycles. The number of anilines is 1. The van der Waals surface area contributed by atoms with Crippen LogP contribution in [0.5, 0.6) is 0 Å². The third-order valence-electron chi connectivity index (χ3n) is 3.02. The van der Waals surface area contributed by atoms with Crippen molar-refractivity contribution in [1.29, 1.82) is 0 Å². The zero-order valence-corrected chi connectivity index (χ0v) is 15.0. The molecule has 128 valence electrons. The molecule has 24 heavy (non-hydrogen) atoms. The predicted molar refractivity (Wildman–Crippen MR) is 94.4 cm³/mol. The number of ether oxygens (including phenoxy) is 1. The van der Waals surface area contributed by atoms with Gasteiger partial charge in [-0.25, -0.2) is 4.79 Å². The lowest BCUT2D eigenvalue weighted by molar-refractivity contribution is -0.645. The normalized spacial score (nSPS) is 10.4. The van der Waals surface area contributed by atoms with E-state index < -0.39 is 5.97 Å². The molecule has 0 aliphatic carbocycles. The SMILES string of the molecule is CCOC(=O)c1cc(CC)sc1NC(=O)CSc1cccc[n+]1[O-]. The summed E-state index contributed by atoms with van der Waals surface area (Å²) >= 11 is 2.50. The van der Waals surface area contributed by atoms with Gasteiger partial charge in [0, 0.05) is 17.0 Å². The summed E-state index contributed by atoms with van der Waals surface area (Å²) in [4.78, 5) is 25.1. The van der Waals surface area contributed by atoms with Crippen LogP contribution in [0.1, 0.15) is 29.1 Å². The molecule has 0 saturated heterocycles. The fourth-order valence-corrected chi connectivity index (χ4v) is 3.61. The van der Waals surface area contributed by atoms with Crippen molar-refractivity contribution < 1.29 is 19.1 Å². The molecule has 2 aromatic heterocycles. The van der Waals surface area contributed by atoms with E-state index in [1.807, 2.05) is 6.92 Å². The minimum atomic E-state index is -0.447. The van der Waals surface area contributed by atoms with E-state index in [0.29, 0.717) is 20.3 Å². The van der Waals surface area contributed by atoms with Crippen molar-refractivity contribution in [3.8, 4) is 0 Å². The molecule has 1 amide bonds. The quantitative estimate of drug-likeness (QED) is 0.353. The predicted octanol–water partition coefficient (Wildman–Crippen LogP) is 2.85. The Hall–Kier alpha value is -2.06. The maximum Gasteiger partial charge on any atom is 0.341 e. The second-order valence-electron chi connectivity index (χ2n) is 4.73. The van der Waals surface area contributed by atoms with Crippen LogP contribution in [0.3, 0.4) is 0 Å². The molecule has 0 aromatic carbocycles. The maximum absolute atomic E-state index is 12.1. The summed E-state index contributed by atoms with van der Waals surface area (Å²) in [6, 6.07) is 6.75. The molecule has 6 nitrogen and oxygen atoms in total. The van der Waals surface area contributed by atoms with Crippen LogP contribution < -0.4 is 10.0 Å². The molecule has 2 heterocycles. The number of rotatable bonds is 7. The van der Waals surface area contributed by atoms with E-state index in [9.17, 15) is 14.8 Å². The van der Waals surface area contributed by atoms with Crippen molar-refractivity contribution in [2.75, 3.05) is 17.7 Å². The van der Waals surface area contributed by atoms with Gasteiger partial charge in [0.05, 0.1) is 17.9 Å². The number of hydrogen-bond donors (Lipinski definition) is 1. The molecule has 2 rings (SSSR count). The van der Waals surface area contributed by atoms with E-state index >= 15 is 0 Å². The lowest BCUT2D eigenvalue weighted by Gasteiger charge is -2.06. The zero-order chi connectivity index (χ0) is 17.5. The average molecular weight is 366 g/mol. The first kappa shape index (κ1) is 18.3. The summed E-state index contributed by atoms with van der Waals surface area (Å²) in [6.45, 7) is 3.99. The summed E-state index contributed by atoms with van der Waals surface area (Å²) in [6.07, 6.45) is 2.15.